The van der Waals surface area contributed by atoms with Gasteiger partial charge in [0.05, 0.1) is 0 Å². The van der Waals surface area contributed by atoms with Gasteiger partial charge in [-0.3, -0.25) is 4.79 Å². The first-order chi connectivity index (χ1) is 14.6. The van der Waals surface area contributed by atoms with Crippen molar-refractivity contribution in [1.82, 2.24) is 20.3 Å². The SMILES string of the molecule is CCc1ccc(Nc2nc(C)cc(C(=O)NCCc3c[nH]c4ccccc34)n2)cc1. The van der Waals surface area contributed by atoms with Crippen LogP contribution in [0, 0.1) is 6.92 Å². The zero-order valence-corrected chi connectivity index (χ0v) is 17.2. The highest BCUT2D eigenvalue weighted by atomic mass is 16.1. The van der Waals surface area contributed by atoms with E-state index in [0.717, 1.165) is 29.7 Å². The van der Waals surface area contributed by atoms with Crippen molar-refractivity contribution in [1.29, 1.82) is 0 Å². The van der Waals surface area contributed by atoms with Gasteiger partial charge < -0.3 is 15.6 Å². The van der Waals surface area contributed by atoms with Crippen LogP contribution in [0.3, 0.4) is 0 Å². The molecule has 2 heterocycles. The van der Waals surface area contributed by atoms with E-state index in [1.165, 1.54) is 16.5 Å². The highest BCUT2D eigenvalue weighted by molar-refractivity contribution is 5.92. The van der Waals surface area contributed by atoms with Crippen LogP contribution in [0.5, 0.6) is 0 Å². The monoisotopic (exact) mass is 399 g/mol. The number of carbonyl (C=O) groups is 1. The second-order valence-corrected chi connectivity index (χ2v) is 7.26. The zero-order chi connectivity index (χ0) is 20.9. The Hall–Kier alpha value is -3.67. The van der Waals surface area contributed by atoms with Gasteiger partial charge in [-0.15, -0.1) is 0 Å². The molecule has 0 fully saturated rings. The number of amides is 1. The predicted molar refractivity (Wildman–Crippen MR) is 120 cm³/mol. The fraction of sp³-hybridized carbons (Fsp3) is 0.208. The van der Waals surface area contributed by atoms with Gasteiger partial charge in [-0.1, -0.05) is 37.3 Å². The Labute approximate surface area is 175 Å². The molecule has 4 rings (SSSR count). The summed E-state index contributed by atoms with van der Waals surface area (Å²) in [7, 11) is 0. The largest absolute Gasteiger partial charge is 0.361 e. The van der Waals surface area contributed by atoms with Gasteiger partial charge in [0.1, 0.15) is 5.69 Å². The second-order valence-electron chi connectivity index (χ2n) is 7.26. The number of nitrogens with one attached hydrogen (secondary N) is 3. The molecule has 0 atom stereocenters. The molecule has 30 heavy (non-hydrogen) atoms. The standard InChI is InChI=1S/C24H25N5O/c1-3-17-8-10-19(11-9-17)28-24-27-16(2)14-22(29-24)23(30)25-13-12-18-15-26-21-7-5-4-6-20(18)21/h4-11,14-15,26H,3,12-13H2,1-2H3,(H,25,30)(H,27,28,29). The molecule has 6 nitrogen and oxygen atoms in total. The average Bonchev–Trinajstić information content (AvgIpc) is 3.17. The number of nitrogens with zero attached hydrogens (tertiary/aromatic N) is 2. The molecule has 0 bridgehead atoms. The Bertz CT molecular complexity index is 1160. The summed E-state index contributed by atoms with van der Waals surface area (Å²) >= 11 is 0. The first-order valence-electron chi connectivity index (χ1n) is 10.2. The molecule has 1 amide bonds. The molecule has 0 unspecified atom stereocenters. The van der Waals surface area contributed by atoms with Crippen LogP contribution in [0.15, 0.2) is 60.8 Å². The minimum absolute atomic E-state index is 0.204. The topological polar surface area (TPSA) is 82.7 Å². The highest BCUT2D eigenvalue weighted by Gasteiger charge is 2.11. The summed E-state index contributed by atoms with van der Waals surface area (Å²) in [6.45, 7) is 4.51. The molecule has 0 saturated carbocycles. The molecular weight excluding hydrogens is 374 g/mol. The lowest BCUT2D eigenvalue weighted by molar-refractivity contribution is 0.0949. The number of fused-ring (bicyclic) bond motifs is 1. The third-order valence-corrected chi connectivity index (χ3v) is 5.06. The molecule has 2 aromatic carbocycles. The van der Waals surface area contributed by atoms with E-state index >= 15 is 0 Å². The molecule has 0 radical (unpaired) electrons. The van der Waals surface area contributed by atoms with Crippen molar-refractivity contribution in [2.75, 3.05) is 11.9 Å². The van der Waals surface area contributed by atoms with Crippen molar-refractivity contribution >= 4 is 28.4 Å². The van der Waals surface area contributed by atoms with Crippen LogP contribution in [-0.2, 0) is 12.8 Å². The summed E-state index contributed by atoms with van der Waals surface area (Å²) in [5, 5.41) is 7.33. The number of para-hydroxylation sites is 1. The number of H-pyrrole nitrogens is 1. The van der Waals surface area contributed by atoms with Gasteiger partial charge in [0, 0.05) is 35.0 Å². The molecular formula is C24H25N5O. The van der Waals surface area contributed by atoms with E-state index in [1.54, 1.807) is 6.07 Å². The maximum absolute atomic E-state index is 12.6. The van der Waals surface area contributed by atoms with Gasteiger partial charge in [-0.2, -0.15) is 0 Å². The van der Waals surface area contributed by atoms with Crippen molar-refractivity contribution in [2.24, 2.45) is 0 Å². The molecule has 0 spiro atoms. The van der Waals surface area contributed by atoms with Gasteiger partial charge in [-0.05, 0) is 55.2 Å². The molecule has 0 saturated heterocycles. The number of anilines is 2. The number of aromatic amines is 1. The van der Waals surface area contributed by atoms with E-state index in [9.17, 15) is 4.79 Å². The van der Waals surface area contributed by atoms with Crippen molar-refractivity contribution in [3.63, 3.8) is 0 Å². The fourth-order valence-corrected chi connectivity index (χ4v) is 3.43. The van der Waals surface area contributed by atoms with Crippen LogP contribution in [-0.4, -0.2) is 27.4 Å². The maximum atomic E-state index is 12.6. The van der Waals surface area contributed by atoms with E-state index < -0.39 is 0 Å². The smallest absolute Gasteiger partial charge is 0.270 e. The van der Waals surface area contributed by atoms with Crippen LogP contribution in [0.2, 0.25) is 0 Å². The van der Waals surface area contributed by atoms with Crippen molar-refractivity contribution in [3.8, 4) is 0 Å². The predicted octanol–water partition coefficient (Wildman–Crippen LogP) is 4.54. The number of aromatic nitrogens is 3. The molecule has 0 aliphatic carbocycles. The van der Waals surface area contributed by atoms with Crippen LogP contribution in [0.1, 0.15) is 34.2 Å². The Kier molecular flexibility index (Phi) is 5.75. The third-order valence-electron chi connectivity index (χ3n) is 5.06. The molecule has 4 aromatic rings. The number of hydrogen-bond donors (Lipinski definition) is 3. The third kappa shape index (κ3) is 4.49. The Balaban J connectivity index is 1.40. The lowest BCUT2D eigenvalue weighted by Crippen LogP contribution is -2.27. The Morgan fingerprint density at radius 3 is 2.67 bits per heavy atom. The van der Waals surface area contributed by atoms with Gasteiger partial charge in [0.2, 0.25) is 5.95 Å². The van der Waals surface area contributed by atoms with E-state index in [4.69, 9.17) is 0 Å². The lowest BCUT2D eigenvalue weighted by Gasteiger charge is -2.09. The molecule has 152 valence electrons. The van der Waals surface area contributed by atoms with Crippen LogP contribution in [0.4, 0.5) is 11.6 Å². The van der Waals surface area contributed by atoms with E-state index in [0.29, 0.717) is 18.2 Å². The molecule has 6 heteroatoms. The number of benzene rings is 2. The average molecular weight is 399 g/mol. The number of rotatable bonds is 7. The van der Waals surface area contributed by atoms with Crippen LogP contribution < -0.4 is 10.6 Å². The lowest BCUT2D eigenvalue weighted by atomic mass is 10.1. The number of aryl methyl sites for hydroxylation is 2. The summed E-state index contributed by atoms with van der Waals surface area (Å²) in [6, 6.07) is 18.0. The van der Waals surface area contributed by atoms with Gasteiger partial charge in [0.25, 0.3) is 5.91 Å². The summed E-state index contributed by atoms with van der Waals surface area (Å²) in [5.74, 6) is 0.214. The van der Waals surface area contributed by atoms with Crippen molar-refractivity contribution in [3.05, 3.63) is 83.3 Å². The zero-order valence-electron chi connectivity index (χ0n) is 17.2. The fourth-order valence-electron chi connectivity index (χ4n) is 3.43. The summed E-state index contributed by atoms with van der Waals surface area (Å²) in [6.07, 6.45) is 3.73. The minimum atomic E-state index is -0.204. The molecule has 0 aliphatic rings. The van der Waals surface area contributed by atoms with E-state index in [1.807, 2.05) is 43.5 Å². The number of hydrogen-bond acceptors (Lipinski definition) is 4. The van der Waals surface area contributed by atoms with Gasteiger partial charge in [-0.25, -0.2) is 9.97 Å². The normalized spacial score (nSPS) is 10.9. The molecule has 0 aliphatic heterocycles. The van der Waals surface area contributed by atoms with Crippen LogP contribution in [0.25, 0.3) is 10.9 Å². The molecule has 3 N–H and O–H groups in total. The Morgan fingerprint density at radius 2 is 1.87 bits per heavy atom. The van der Waals surface area contributed by atoms with Crippen LogP contribution >= 0.6 is 0 Å². The first kappa shape index (κ1) is 19.6. The van der Waals surface area contributed by atoms with E-state index in [-0.39, 0.29) is 5.91 Å². The maximum Gasteiger partial charge on any atom is 0.270 e. The summed E-state index contributed by atoms with van der Waals surface area (Å²) in [5.41, 5.74) is 5.54. The second kappa shape index (κ2) is 8.78. The van der Waals surface area contributed by atoms with Crippen molar-refractivity contribution < 1.29 is 4.79 Å². The van der Waals surface area contributed by atoms with Crippen molar-refractivity contribution in [2.45, 2.75) is 26.7 Å². The molecule has 2 aromatic heterocycles. The first-order valence-corrected chi connectivity index (χ1v) is 10.2. The van der Waals surface area contributed by atoms with Gasteiger partial charge >= 0.3 is 0 Å². The highest BCUT2D eigenvalue weighted by Crippen LogP contribution is 2.18. The summed E-state index contributed by atoms with van der Waals surface area (Å²) in [4.78, 5) is 24.7. The van der Waals surface area contributed by atoms with Gasteiger partial charge in [0.15, 0.2) is 0 Å². The minimum Gasteiger partial charge on any atom is -0.361 e. The van der Waals surface area contributed by atoms with E-state index in [2.05, 4.69) is 50.7 Å². The summed E-state index contributed by atoms with van der Waals surface area (Å²) < 4.78 is 0. The quantitative estimate of drug-likeness (QED) is 0.426. The Morgan fingerprint density at radius 1 is 1.07 bits per heavy atom. The number of carbonyl (C=O) groups excluding carboxylic acids is 1.